The third kappa shape index (κ3) is 6.07. The maximum absolute atomic E-state index is 4.09. The second-order valence-corrected chi connectivity index (χ2v) is 4.77. The molecule has 0 spiro atoms. The Hall–Kier alpha value is -1.00. The molecule has 0 radical (unpaired) electrons. The zero-order chi connectivity index (χ0) is 14.0. The third-order valence-electron chi connectivity index (χ3n) is 3.49. The molecule has 0 aliphatic heterocycles. The fourth-order valence-electron chi connectivity index (χ4n) is 1.97. The molecule has 1 atom stereocenters. The highest BCUT2D eigenvalue weighted by Gasteiger charge is 2.07. The first kappa shape index (κ1) is 17.0. The van der Waals surface area contributed by atoms with Crippen LogP contribution in [-0.4, -0.2) is 0 Å². The summed E-state index contributed by atoms with van der Waals surface area (Å²) in [6, 6.07) is 0. The van der Waals surface area contributed by atoms with Crippen molar-refractivity contribution in [2.45, 2.75) is 66.7 Å². The molecule has 0 heteroatoms. The monoisotopic (exact) mass is 246 g/mol. The van der Waals surface area contributed by atoms with Gasteiger partial charge in [-0.2, -0.15) is 0 Å². The molecule has 0 fully saturated rings. The fraction of sp³-hybridized carbons (Fsp3) is 0.611. The first-order valence-corrected chi connectivity index (χ1v) is 7.45. The summed E-state index contributed by atoms with van der Waals surface area (Å²) >= 11 is 0. The predicted molar refractivity (Wildman–Crippen MR) is 83.8 cm³/mol. The summed E-state index contributed by atoms with van der Waals surface area (Å²) in [5, 5.41) is 0. The maximum atomic E-state index is 4.09. The SMILES string of the molecule is C=C(CC)C/C1=C(\C)CCC(CC)C=C=C1.CC. The van der Waals surface area contributed by atoms with Crippen molar-refractivity contribution >= 4 is 0 Å². The summed E-state index contributed by atoms with van der Waals surface area (Å²) in [5.74, 6) is 0.710. The van der Waals surface area contributed by atoms with Gasteiger partial charge in [-0.05, 0) is 62.7 Å². The summed E-state index contributed by atoms with van der Waals surface area (Å²) in [5.41, 5.74) is 7.62. The predicted octanol–water partition coefficient (Wildman–Crippen LogP) is 6.22. The van der Waals surface area contributed by atoms with Crippen LogP contribution in [0.4, 0.5) is 0 Å². The van der Waals surface area contributed by atoms with E-state index in [0.29, 0.717) is 5.92 Å². The molecule has 0 saturated carbocycles. The Labute approximate surface area is 114 Å². The van der Waals surface area contributed by atoms with Crippen LogP contribution in [0.3, 0.4) is 0 Å². The normalized spacial score (nSPS) is 22.8. The molecular weight excluding hydrogens is 216 g/mol. The molecule has 1 aliphatic carbocycles. The number of hydrogen-bond donors (Lipinski definition) is 0. The lowest BCUT2D eigenvalue weighted by atomic mass is 9.91. The van der Waals surface area contributed by atoms with E-state index < -0.39 is 0 Å². The van der Waals surface area contributed by atoms with Crippen LogP contribution in [0.15, 0.2) is 41.2 Å². The van der Waals surface area contributed by atoms with Gasteiger partial charge in [0.2, 0.25) is 0 Å². The average molecular weight is 246 g/mol. The summed E-state index contributed by atoms with van der Waals surface area (Å²) in [4.78, 5) is 0. The smallest absolute Gasteiger partial charge is 0.00643 e. The van der Waals surface area contributed by atoms with Gasteiger partial charge in [0, 0.05) is 0 Å². The van der Waals surface area contributed by atoms with Crippen LogP contribution in [0.2, 0.25) is 0 Å². The van der Waals surface area contributed by atoms with Gasteiger partial charge in [0.1, 0.15) is 0 Å². The van der Waals surface area contributed by atoms with Gasteiger partial charge in [-0.25, -0.2) is 0 Å². The lowest BCUT2D eigenvalue weighted by Gasteiger charge is -2.14. The highest BCUT2D eigenvalue weighted by atomic mass is 14.1. The Bertz CT molecular complexity index is 335. The molecule has 0 aromatic heterocycles. The van der Waals surface area contributed by atoms with Crippen LogP contribution >= 0.6 is 0 Å². The maximum Gasteiger partial charge on any atom is -0.00643 e. The minimum atomic E-state index is 0.710. The molecule has 1 rings (SSSR count). The summed E-state index contributed by atoms with van der Waals surface area (Å²) in [6.07, 6.45) is 10.2. The van der Waals surface area contributed by atoms with E-state index in [4.69, 9.17) is 0 Å². The molecule has 0 aromatic rings. The first-order chi connectivity index (χ1) is 8.67. The molecule has 0 heterocycles. The van der Waals surface area contributed by atoms with Crippen molar-refractivity contribution in [3.8, 4) is 0 Å². The number of allylic oxidation sites excluding steroid dienone is 4. The summed E-state index contributed by atoms with van der Waals surface area (Å²) < 4.78 is 0. The Morgan fingerprint density at radius 3 is 2.61 bits per heavy atom. The zero-order valence-corrected chi connectivity index (χ0v) is 13.0. The first-order valence-electron chi connectivity index (χ1n) is 7.45. The largest absolute Gasteiger partial charge is 0.125 e. The van der Waals surface area contributed by atoms with Gasteiger partial charge in [-0.15, -0.1) is 5.73 Å². The van der Waals surface area contributed by atoms with Crippen molar-refractivity contribution in [3.05, 3.63) is 41.2 Å². The molecule has 0 N–H and O–H groups in total. The van der Waals surface area contributed by atoms with E-state index in [0.717, 1.165) is 12.8 Å². The Balaban J connectivity index is 0.00000137. The Morgan fingerprint density at radius 2 is 2.06 bits per heavy atom. The molecule has 0 amide bonds. The van der Waals surface area contributed by atoms with Gasteiger partial charge in [0.25, 0.3) is 0 Å². The number of hydrogen-bond acceptors (Lipinski definition) is 0. The number of rotatable bonds is 4. The quantitative estimate of drug-likeness (QED) is 0.408. The second-order valence-electron chi connectivity index (χ2n) is 4.77. The van der Waals surface area contributed by atoms with Crippen LogP contribution in [0, 0.1) is 5.92 Å². The Kier molecular flexibility index (Phi) is 9.42. The van der Waals surface area contributed by atoms with Crippen molar-refractivity contribution in [1.82, 2.24) is 0 Å². The van der Waals surface area contributed by atoms with Gasteiger partial charge < -0.3 is 0 Å². The van der Waals surface area contributed by atoms with Crippen molar-refractivity contribution in [2.75, 3.05) is 0 Å². The van der Waals surface area contributed by atoms with Gasteiger partial charge >= 0.3 is 0 Å². The highest BCUT2D eigenvalue weighted by Crippen LogP contribution is 2.25. The molecule has 0 nitrogen and oxygen atoms in total. The molecule has 0 bridgehead atoms. The van der Waals surface area contributed by atoms with Crippen molar-refractivity contribution < 1.29 is 0 Å². The zero-order valence-electron chi connectivity index (χ0n) is 13.0. The van der Waals surface area contributed by atoms with Gasteiger partial charge in [-0.3, -0.25) is 0 Å². The van der Waals surface area contributed by atoms with Gasteiger partial charge in [0.05, 0.1) is 0 Å². The molecule has 1 aliphatic rings. The minimum absolute atomic E-state index is 0.710. The summed E-state index contributed by atoms with van der Waals surface area (Å²) in [6.45, 7) is 14.8. The van der Waals surface area contributed by atoms with Gasteiger partial charge in [0.15, 0.2) is 0 Å². The standard InChI is InChI=1S/C16H24.C2H6/c1-5-13(3)12-16-9-7-8-15(6-2)11-10-14(16)4;1-2/h8-9,15H,3,5-6,10-12H2,1-2,4H3;1-2H3/b16-14+;. The van der Waals surface area contributed by atoms with Crippen LogP contribution in [0.25, 0.3) is 0 Å². The highest BCUT2D eigenvalue weighted by molar-refractivity contribution is 5.29. The van der Waals surface area contributed by atoms with E-state index in [1.165, 1.54) is 36.0 Å². The molecule has 18 heavy (non-hydrogen) atoms. The van der Waals surface area contributed by atoms with E-state index in [9.17, 15) is 0 Å². The van der Waals surface area contributed by atoms with Crippen LogP contribution < -0.4 is 0 Å². The molecule has 1 unspecified atom stereocenters. The molecule has 102 valence electrons. The van der Waals surface area contributed by atoms with Crippen molar-refractivity contribution in [2.24, 2.45) is 5.92 Å². The summed E-state index contributed by atoms with van der Waals surface area (Å²) in [7, 11) is 0. The van der Waals surface area contributed by atoms with Crippen molar-refractivity contribution in [3.63, 3.8) is 0 Å². The van der Waals surface area contributed by atoms with E-state index in [1.54, 1.807) is 0 Å². The van der Waals surface area contributed by atoms with Crippen LogP contribution in [-0.2, 0) is 0 Å². The van der Waals surface area contributed by atoms with E-state index in [2.05, 4.69) is 45.2 Å². The molecular formula is C18H30. The second kappa shape index (κ2) is 9.97. The average Bonchev–Trinajstić information content (AvgIpc) is 2.40. The fourth-order valence-corrected chi connectivity index (χ4v) is 1.97. The Morgan fingerprint density at radius 1 is 1.39 bits per heavy atom. The lowest BCUT2D eigenvalue weighted by molar-refractivity contribution is 0.568. The van der Waals surface area contributed by atoms with E-state index in [1.807, 2.05) is 13.8 Å². The molecule has 0 aromatic carbocycles. The van der Waals surface area contributed by atoms with E-state index in [-0.39, 0.29) is 0 Å². The third-order valence-corrected chi connectivity index (χ3v) is 3.49. The van der Waals surface area contributed by atoms with Gasteiger partial charge in [-0.1, -0.05) is 45.4 Å². The van der Waals surface area contributed by atoms with E-state index >= 15 is 0 Å². The topological polar surface area (TPSA) is 0 Å². The molecule has 0 saturated heterocycles. The minimum Gasteiger partial charge on any atom is -0.125 e. The van der Waals surface area contributed by atoms with Crippen LogP contribution in [0.5, 0.6) is 0 Å². The lowest BCUT2D eigenvalue weighted by Crippen LogP contribution is -1.98. The van der Waals surface area contributed by atoms with Crippen LogP contribution in [0.1, 0.15) is 66.7 Å². The van der Waals surface area contributed by atoms with Crippen molar-refractivity contribution in [1.29, 1.82) is 0 Å².